The maximum Gasteiger partial charge on any atom is 0.254 e. The van der Waals surface area contributed by atoms with E-state index in [2.05, 4.69) is 5.32 Å². The number of rotatable bonds is 4. The number of benzene rings is 1. The van der Waals surface area contributed by atoms with E-state index in [0.717, 1.165) is 5.56 Å². The molecule has 0 fully saturated rings. The van der Waals surface area contributed by atoms with Crippen molar-refractivity contribution in [3.63, 3.8) is 0 Å². The fraction of sp³-hybridized carbons (Fsp3) is 0.333. The molecule has 4 heteroatoms. The predicted octanol–water partition coefficient (Wildman–Crippen LogP) is 2.93. The van der Waals surface area contributed by atoms with Gasteiger partial charge in [0.1, 0.15) is 0 Å². The highest BCUT2D eigenvalue weighted by molar-refractivity contribution is 6.03. The van der Waals surface area contributed by atoms with Gasteiger partial charge in [0.25, 0.3) is 5.91 Å². The van der Waals surface area contributed by atoms with Crippen LogP contribution in [0.5, 0.6) is 0 Å². The van der Waals surface area contributed by atoms with Crippen molar-refractivity contribution in [3.05, 3.63) is 58.7 Å². The van der Waals surface area contributed by atoms with Crippen molar-refractivity contribution in [1.29, 1.82) is 0 Å². The van der Waals surface area contributed by atoms with Gasteiger partial charge in [-0.25, -0.2) is 0 Å². The Morgan fingerprint density at radius 3 is 2.36 bits per heavy atom. The second-order valence-corrected chi connectivity index (χ2v) is 5.49. The van der Waals surface area contributed by atoms with E-state index >= 15 is 0 Å². The van der Waals surface area contributed by atoms with Crippen molar-refractivity contribution < 1.29 is 14.3 Å². The molecule has 22 heavy (non-hydrogen) atoms. The molecule has 1 aliphatic carbocycles. The van der Waals surface area contributed by atoms with Crippen LogP contribution in [-0.4, -0.2) is 24.0 Å². The van der Waals surface area contributed by atoms with E-state index in [0.29, 0.717) is 23.3 Å². The van der Waals surface area contributed by atoms with Crippen LogP contribution in [0.3, 0.4) is 0 Å². The Kier molecular flexibility index (Phi) is 4.62. The van der Waals surface area contributed by atoms with Crippen molar-refractivity contribution in [2.75, 3.05) is 6.61 Å². The molecule has 0 saturated heterocycles. The summed E-state index contributed by atoms with van der Waals surface area (Å²) in [6.07, 6.45) is 3.00. The summed E-state index contributed by atoms with van der Waals surface area (Å²) < 4.78 is 5.84. The number of nitrogens with one attached hydrogen (secondary N) is 1. The Morgan fingerprint density at radius 1 is 1.18 bits per heavy atom. The van der Waals surface area contributed by atoms with Gasteiger partial charge in [-0.3, -0.25) is 9.59 Å². The standard InChI is InChI=1S/C18H21NO3/c1-5-22-18(13(3)10-16(20)11-14(18)4)19-17(21)15-8-6-7-12(2)9-15/h6-11H,5H2,1-4H3,(H,19,21). The molecule has 0 bridgehead atoms. The second-order valence-electron chi connectivity index (χ2n) is 5.49. The van der Waals surface area contributed by atoms with Gasteiger partial charge in [0.15, 0.2) is 11.5 Å². The van der Waals surface area contributed by atoms with E-state index in [1.807, 2.05) is 32.0 Å². The minimum absolute atomic E-state index is 0.0878. The Balaban J connectivity index is 2.37. The summed E-state index contributed by atoms with van der Waals surface area (Å²) in [5.41, 5.74) is 1.89. The molecule has 1 N–H and O–H groups in total. The zero-order valence-corrected chi connectivity index (χ0v) is 13.4. The van der Waals surface area contributed by atoms with Gasteiger partial charge < -0.3 is 10.1 Å². The molecule has 0 radical (unpaired) electrons. The topological polar surface area (TPSA) is 55.4 Å². The normalized spacial score (nSPS) is 16.8. The van der Waals surface area contributed by atoms with Crippen LogP contribution in [0.1, 0.15) is 36.7 Å². The van der Waals surface area contributed by atoms with Crippen LogP contribution in [0.2, 0.25) is 0 Å². The summed E-state index contributed by atoms with van der Waals surface area (Å²) in [5.74, 6) is -0.317. The van der Waals surface area contributed by atoms with Gasteiger partial charge in [0.05, 0.1) is 0 Å². The fourth-order valence-corrected chi connectivity index (χ4v) is 2.68. The smallest absolute Gasteiger partial charge is 0.254 e. The quantitative estimate of drug-likeness (QED) is 0.870. The summed E-state index contributed by atoms with van der Waals surface area (Å²) in [4.78, 5) is 24.2. The van der Waals surface area contributed by atoms with Crippen molar-refractivity contribution in [2.24, 2.45) is 0 Å². The van der Waals surface area contributed by atoms with Gasteiger partial charge in [-0.05, 0) is 63.1 Å². The minimum Gasteiger partial charge on any atom is -0.348 e. The number of hydrogen-bond donors (Lipinski definition) is 1. The van der Waals surface area contributed by atoms with Crippen LogP contribution in [0.25, 0.3) is 0 Å². The summed E-state index contributed by atoms with van der Waals surface area (Å²) in [6, 6.07) is 7.35. The monoisotopic (exact) mass is 299 g/mol. The fourth-order valence-electron chi connectivity index (χ4n) is 2.68. The maximum absolute atomic E-state index is 12.6. The molecule has 4 nitrogen and oxygen atoms in total. The third-order valence-corrected chi connectivity index (χ3v) is 3.76. The summed E-state index contributed by atoms with van der Waals surface area (Å²) >= 11 is 0. The molecule has 0 aliphatic heterocycles. The highest BCUT2D eigenvalue weighted by atomic mass is 16.5. The largest absolute Gasteiger partial charge is 0.348 e. The number of aryl methyl sites for hydroxylation is 1. The predicted molar refractivity (Wildman–Crippen MR) is 85.5 cm³/mol. The molecule has 0 saturated carbocycles. The Bertz CT molecular complexity index is 649. The van der Waals surface area contributed by atoms with Crippen molar-refractivity contribution in [1.82, 2.24) is 5.32 Å². The third-order valence-electron chi connectivity index (χ3n) is 3.76. The molecule has 1 aliphatic rings. The zero-order chi connectivity index (χ0) is 16.3. The molecular formula is C18H21NO3. The van der Waals surface area contributed by atoms with Crippen LogP contribution in [-0.2, 0) is 9.53 Å². The zero-order valence-electron chi connectivity index (χ0n) is 13.4. The first-order chi connectivity index (χ1) is 10.4. The molecule has 0 spiro atoms. The molecule has 0 heterocycles. The number of carbonyl (C=O) groups excluding carboxylic acids is 2. The number of ketones is 1. The molecule has 116 valence electrons. The SMILES string of the molecule is CCOC1(NC(=O)c2cccc(C)c2)C(C)=CC(=O)C=C1C. The van der Waals surface area contributed by atoms with Crippen molar-refractivity contribution in [3.8, 4) is 0 Å². The van der Waals surface area contributed by atoms with Gasteiger partial charge in [-0.1, -0.05) is 17.7 Å². The first-order valence-corrected chi connectivity index (χ1v) is 7.33. The van der Waals surface area contributed by atoms with Gasteiger partial charge in [0.2, 0.25) is 0 Å². The molecule has 1 amide bonds. The molecule has 0 atom stereocenters. The lowest BCUT2D eigenvalue weighted by Gasteiger charge is -2.38. The molecule has 0 unspecified atom stereocenters. The highest BCUT2D eigenvalue weighted by Crippen LogP contribution is 2.31. The van der Waals surface area contributed by atoms with Crippen molar-refractivity contribution >= 4 is 11.7 Å². The molecular weight excluding hydrogens is 278 g/mol. The molecule has 1 aromatic rings. The van der Waals surface area contributed by atoms with E-state index < -0.39 is 5.72 Å². The lowest BCUT2D eigenvalue weighted by atomic mass is 9.89. The first-order valence-electron chi connectivity index (χ1n) is 7.33. The number of hydrogen-bond acceptors (Lipinski definition) is 3. The minimum atomic E-state index is -1.05. The highest BCUT2D eigenvalue weighted by Gasteiger charge is 2.39. The molecule has 0 aromatic heterocycles. The number of allylic oxidation sites excluding steroid dienone is 2. The molecule has 2 rings (SSSR count). The summed E-state index contributed by atoms with van der Waals surface area (Å²) in [7, 11) is 0. The van der Waals surface area contributed by atoms with E-state index in [9.17, 15) is 9.59 Å². The van der Waals surface area contributed by atoms with E-state index in [1.165, 1.54) is 12.2 Å². The third kappa shape index (κ3) is 3.02. The lowest BCUT2D eigenvalue weighted by molar-refractivity contribution is -0.111. The van der Waals surface area contributed by atoms with Crippen LogP contribution < -0.4 is 5.32 Å². The van der Waals surface area contributed by atoms with Crippen LogP contribution in [0.15, 0.2) is 47.6 Å². The van der Waals surface area contributed by atoms with Gasteiger partial charge in [0, 0.05) is 12.2 Å². The van der Waals surface area contributed by atoms with Gasteiger partial charge >= 0.3 is 0 Å². The maximum atomic E-state index is 12.6. The van der Waals surface area contributed by atoms with Crippen LogP contribution in [0.4, 0.5) is 0 Å². The Labute approximate surface area is 130 Å². The lowest BCUT2D eigenvalue weighted by Crippen LogP contribution is -2.53. The summed E-state index contributed by atoms with van der Waals surface area (Å²) in [6.45, 7) is 7.79. The van der Waals surface area contributed by atoms with E-state index in [1.54, 1.807) is 19.9 Å². The van der Waals surface area contributed by atoms with Gasteiger partial charge in [-0.15, -0.1) is 0 Å². The van der Waals surface area contributed by atoms with Crippen molar-refractivity contribution in [2.45, 2.75) is 33.4 Å². The summed E-state index contributed by atoms with van der Waals surface area (Å²) in [5, 5.41) is 2.95. The van der Waals surface area contributed by atoms with E-state index in [4.69, 9.17) is 4.74 Å². The van der Waals surface area contributed by atoms with E-state index in [-0.39, 0.29) is 11.7 Å². The second kappa shape index (κ2) is 6.28. The van der Waals surface area contributed by atoms with Crippen LogP contribution in [0, 0.1) is 6.92 Å². The molecule has 1 aromatic carbocycles. The van der Waals surface area contributed by atoms with Gasteiger partial charge in [-0.2, -0.15) is 0 Å². The number of ether oxygens (including phenoxy) is 1. The number of amides is 1. The van der Waals surface area contributed by atoms with Crippen LogP contribution >= 0.6 is 0 Å². The average molecular weight is 299 g/mol. The average Bonchev–Trinajstić information content (AvgIpc) is 2.44. The Hall–Kier alpha value is -2.20. The Morgan fingerprint density at radius 2 is 1.82 bits per heavy atom. The first kappa shape index (κ1) is 16.2. The number of carbonyl (C=O) groups is 2.